The van der Waals surface area contributed by atoms with Crippen LogP contribution in [0.15, 0.2) is 95.1 Å². The van der Waals surface area contributed by atoms with E-state index in [4.69, 9.17) is 0 Å². The second-order valence-electron chi connectivity index (χ2n) is 5.71. The molecule has 2 N–H and O–H groups in total. The molecule has 0 aliphatic rings. The lowest BCUT2D eigenvalue weighted by atomic mass is 10.2. The molecule has 0 saturated carbocycles. The Labute approximate surface area is 181 Å². The Morgan fingerprint density at radius 3 is 2.17 bits per heavy atom. The molecule has 30 heavy (non-hydrogen) atoms. The van der Waals surface area contributed by atoms with Gasteiger partial charge in [0.2, 0.25) is 0 Å². The summed E-state index contributed by atoms with van der Waals surface area (Å²) >= 11 is 0. The monoisotopic (exact) mass is 452 g/mol. The average molecular weight is 453 g/mol. The highest BCUT2D eigenvalue weighted by Gasteiger charge is 2.21. The maximum Gasteiger partial charge on any atom is 0.261 e. The molecular formula is C22H32N2O4S2. The zero-order valence-corrected chi connectivity index (χ0v) is 19.7. The third kappa shape index (κ3) is 8.84. The van der Waals surface area contributed by atoms with Crippen molar-refractivity contribution in [3.63, 3.8) is 0 Å². The summed E-state index contributed by atoms with van der Waals surface area (Å²) in [5.41, 5.74) is 0.000121. The van der Waals surface area contributed by atoms with Gasteiger partial charge in [-0.1, -0.05) is 76.8 Å². The first-order valence-corrected chi connectivity index (χ1v) is 12.6. The van der Waals surface area contributed by atoms with E-state index in [2.05, 4.69) is 22.6 Å². The van der Waals surface area contributed by atoms with Crippen molar-refractivity contribution in [2.75, 3.05) is 0 Å². The number of rotatable bonds is 11. The molecule has 0 aliphatic heterocycles. The van der Waals surface area contributed by atoms with Gasteiger partial charge in [-0.25, -0.2) is 16.8 Å². The van der Waals surface area contributed by atoms with Gasteiger partial charge in [-0.15, -0.1) is 0 Å². The van der Waals surface area contributed by atoms with E-state index in [0.717, 1.165) is 6.42 Å². The lowest BCUT2D eigenvalue weighted by Gasteiger charge is -2.16. The van der Waals surface area contributed by atoms with Gasteiger partial charge < -0.3 is 0 Å². The predicted octanol–water partition coefficient (Wildman–Crippen LogP) is 4.75. The summed E-state index contributed by atoms with van der Waals surface area (Å²) in [6, 6.07) is 7.76. The highest BCUT2D eigenvalue weighted by atomic mass is 32.2. The van der Waals surface area contributed by atoms with Crippen LogP contribution in [-0.2, 0) is 20.0 Å². The van der Waals surface area contributed by atoms with Crippen molar-refractivity contribution in [3.05, 3.63) is 90.2 Å². The van der Waals surface area contributed by atoms with Crippen molar-refractivity contribution in [1.29, 1.82) is 0 Å². The third-order valence-electron chi connectivity index (χ3n) is 3.44. The van der Waals surface area contributed by atoms with Gasteiger partial charge in [0.15, 0.2) is 0 Å². The molecule has 6 nitrogen and oxygen atoms in total. The predicted molar refractivity (Wildman–Crippen MR) is 125 cm³/mol. The Morgan fingerprint density at radius 2 is 1.67 bits per heavy atom. The summed E-state index contributed by atoms with van der Waals surface area (Å²) in [6.45, 7) is 14.8. The van der Waals surface area contributed by atoms with Gasteiger partial charge in [0.05, 0.1) is 21.2 Å². The number of hydrogen-bond acceptors (Lipinski definition) is 4. The maximum atomic E-state index is 12.7. The molecule has 0 spiro atoms. The van der Waals surface area contributed by atoms with E-state index in [0.29, 0.717) is 6.42 Å². The second kappa shape index (κ2) is 13.6. The fourth-order valence-electron chi connectivity index (χ4n) is 2.11. The Morgan fingerprint density at radius 1 is 1.07 bits per heavy atom. The van der Waals surface area contributed by atoms with Gasteiger partial charge in [-0.3, -0.25) is 9.44 Å². The summed E-state index contributed by atoms with van der Waals surface area (Å²) in [4.78, 5) is 0.0427. The van der Waals surface area contributed by atoms with E-state index in [9.17, 15) is 16.8 Å². The standard InChI is InChI=1S/C20H26N2O4S2.C2H6/c1-5-8-16-20(22-28(25,26)18(12-6-2)13-7-3)17(4)21-27(23,24)19-14-10-9-11-15-19;1-2/h6-7,9-16,21-22H,2,4-5,8H2,1,3H3;1-2H3/b13-7-,18-12+,20-16+;. The van der Waals surface area contributed by atoms with E-state index >= 15 is 0 Å². The summed E-state index contributed by atoms with van der Waals surface area (Å²) in [5, 5.41) is 0. The summed E-state index contributed by atoms with van der Waals surface area (Å²) in [5.74, 6) is 0. The highest BCUT2D eigenvalue weighted by molar-refractivity contribution is 7.93. The topological polar surface area (TPSA) is 92.3 Å². The van der Waals surface area contributed by atoms with Crippen molar-refractivity contribution < 1.29 is 16.8 Å². The molecule has 166 valence electrons. The van der Waals surface area contributed by atoms with Crippen LogP contribution in [0.2, 0.25) is 0 Å². The first-order valence-electron chi connectivity index (χ1n) is 9.63. The molecule has 0 aromatic heterocycles. The molecule has 0 atom stereocenters. The number of unbranched alkanes of at least 4 members (excludes halogenated alkanes) is 1. The molecule has 0 heterocycles. The van der Waals surface area contributed by atoms with Crippen molar-refractivity contribution in [2.24, 2.45) is 0 Å². The Bertz CT molecular complexity index is 989. The smallest absolute Gasteiger partial charge is 0.261 e. The summed E-state index contributed by atoms with van der Waals surface area (Å²) < 4.78 is 55.1. The van der Waals surface area contributed by atoms with Crippen LogP contribution in [0, 0.1) is 0 Å². The Kier molecular flexibility index (Phi) is 12.4. The minimum absolute atomic E-state index is 0.00823. The fraction of sp³-hybridized carbons (Fsp3) is 0.273. The van der Waals surface area contributed by atoms with Crippen LogP contribution in [0.1, 0.15) is 40.5 Å². The molecule has 0 unspecified atom stereocenters. The van der Waals surface area contributed by atoms with Crippen molar-refractivity contribution in [1.82, 2.24) is 9.44 Å². The summed E-state index contributed by atoms with van der Waals surface area (Å²) in [7, 11) is -7.85. The molecule has 0 radical (unpaired) electrons. The second-order valence-corrected chi connectivity index (χ2v) is 9.08. The first-order chi connectivity index (χ1) is 14.2. The average Bonchev–Trinajstić information content (AvgIpc) is 2.72. The van der Waals surface area contributed by atoms with E-state index in [1.165, 1.54) is 30.4 Å². The maximum absolute atomic E-state index is 12.7. The van der Waals surface area contributed by atoms with Crippen LogP contribution in [0.4, 0.5) is 0 Å². The lowest BCUT2D eigenvalue weighted by Crippen LogP contribution is -2.31. The minimum atomic E-state index is -3.95. The van der Waals surface area contributed by atoms with Crippen LogP contribution < -0.4 is 9.44 Å². The molecule has 1 rings (SSSR count). The number of hydrogen-bond donors (Lipinski definition) is 2. The van der Waals surface area contributed by atoms with Gasteiger partial charge in [-0.05, 0) is 37.6 Å². The van der Waals surface area contributed by atoms with E-state index in [1.54, 1.807) is 37.3 Å². The fourth-order valence-corrected chi connectivity index (χ4v) is 4.38. The van der Waals surface area contributed by atoms with Crippen LogP contribution in [0.25, 0.3) is 0 Å². The third-order valence-corrected chi connectivity index (χ3v) is 6.23. The zero-order chi connectivity index (χ0) is 23.2. The minimum Gasteiger partial charge on any atom is -0.278 e. The molecule has 0 bridgehead atoms. The number of nitrogens with one attached hydrogen (secondary N) is 2. The molecule has 1 aromatic rings. The summed E-state index contributed by atoms with van der Waals surface area (Å²) in [6.07, 6.45) is 8.57. The van der Waals surface area contributed by atoms with E-state index in [1.807, 2.05) is 20.8 Å². The Hall–Kier alpha value is -2.58. The number of allylic oxidation sites excluding steroid dienone is 5. The van der Waals surface area contributed by atoms with E-state index < -0.39 is 20.0 Å². The van der Waals surface area contributed by atoms with E-state index in [-0.39, 0.29) is 21.2 Å². The van der Waals surface area contributed by atoms with Crippen molar-refractivity contribution in [3.8, 4) is 0 Å². The van der Waals surface area contributed by atoms with Crippen LogP contribution in [-0.4, -0.2) is 16.8 Å². The molecule has 0 amide bonds. The van der Waals surface area contributed by atoms with Gasteiger partial charge >= 0.3 is 0 Å². The number of sulfonamides is 2. The Balaban J connectivity index is 0.00000407. The molecule has 0 aliphatic carbocycles. The number of benzene rings is 1. The van der Waals surface area contributed by atoms with Crippen LogP contribution in [0.5, 0.6) is 0 Å². The SMILES string of the molecule is C=C/C=C(\C=C/C)S(=O)(=O)N/C(=C/CCC)C(=C)NS(=O)(=O)c1ccccc1.CC. The largest absolute Gasteiger partial charge is 0.278 e. The van der Waals surface area contributed by atoms with Gasteiger partial charge in [0, 0.05) is 0 Å². The van der Waals surface area contributed by atoms with Gasteiger partial charge in [0.25, 0.3) is 20.0 Å². The zero-order valence-electron chi connectivity index (χ0n) is 18.1. The highest BCUT2D eigenvalue weighted by Crippen LogP contribution is 2.16. The van der Waals surface area contributed by atoms with Crippen LogP contribution >= 0.6 is 0 Å². The molecule has 0 saturated heterocycles. The quantitative estimate of drug-likeness (QED) is 0.474. The van der Waals surface area contributed by atoms with Gasteiger partial charge in [-0.2, -0.15) is 0 Å². The molecule has 0 fully saturated rings. The van der Waals surface area contributed by atoms with Crippen molar-refractivity contribution in [2.45, 2.75) is 45.4 Å². The lowest BCUT2D eigenvalue weighted by molar-refractivity contribution is 0.586. The molecule has 8 heteroatoms. The van der Waals surface area contributed by atoms with Crippen LogP contribution in [0.3, 0.4) is 0 Å². The normalized spacial score (nSPS) is 12.7. The van der Waals surface area contributed by atoms with Crippen molar-refractivity contribution >= 4 is 20.0 Å². The molecular weight excluding hydrogens is 420 g/mol. The van der Waals surface area contributed by atoms with Gasteiger partial charge in [0.1, 0.15) is 0 Å². The molecule has 1 aromatic carbocycles. The first kappa shape index (κ1) is 27.4.